The van der Waals surface area contributed by atoms with Crippen LogP contribution in [0.15, 0.2) is 21.6 Å². The van der Waals surface area contributed by atoms with Gasteiger partial charge in [0.2, 0.25) is 0 Å². The topological polar surface area (TPSA) is 77.8 Å². The van der Waals surface area contributed by atoms with E-state index in [9.17, 15) is 0 Å². The van der Waals surface area contributed by atoms with E-state index in [1.807, 2.05) is 13.0 Å². The van der Waals surface area contributed by atoms with Gasteiger partial charge in [-0.2, -0.15) is 0 Å². The molecular weight excluding hydrogens is 355 g/mol. The Kier molecular flexibility index (Phi) is 4.40. The van der Waals surface area contributed by atoms with Crippen molar-refractivity contribution >= 4 is 52.6 Å². The van der Waals surface area contributed by atoms with Crippen LogP contribution in [0, 0.1) is 0 Å². The van der Waals surface area contributed by atoms with Gasteiger partial charge < -0.3 is 10.2 Å². The zero-order valence-electron chi connectivity index (χ0n) is 12.5. The predicted molar refractivity (Wildman–Crippen MR) is 94.6 cm³/mol. The third-order valence-electron chi connectivity index (χ3n) is 3.71. The van der Waals surface area contributed by atoms with Gasteiger partial charge in [-0.1, -0.05) is 30.1 Å². The monoisotopic (exact) mass is 368 g/mol. The first kappa shape index (κ1) is 16.4. The summed E-state index contributed by atoms with van der Waals surface area (Å²) in [6.07, 6.45) is 2.54. The maximum atomic E-state index is 6.24. The third kappa shape index (κ3) is 2.86. The van der Waals surface area contributed by atoms with Crippen molar-refractivity contribution in [1.82, 2.24) is 15.0 Å². The summed E-state index contributed by atoms with van der Waals surface area (Å²) in [4.78, 5) is 13.3. The number of aromatic nitrogens is 3. The molecule has 3 aromatic heterocycles. The Morgan fingerprint density at radius 3 is 2.65 bits per heavy atom. The van der Waals surface area contributed by atoms with Gasteiger partial charge in [-0.15, -0.1) is 12.6 Å². The zero-order chi connectivity index (χ0) is 16.7. The largest absolute Gasteiger partial charge is 0.461 e. The van der Waals surface area contributed by atoms with E-state index in [-0.39, 0.29) is 16.9 Å². The lowest BCUT2D eigenvalue weighted by atomic mass is 10.0. The molecular formula is C15H14Cl2N4OS. The number of pyridine rings is 1. The molecule has 1 unspecified atom stereocenters. The van der Waals surface area contributed by atoms with Crippen LogP contribution in [0.25, 0.3) is 11.0 Å². The number of hydrogen-bond acceptors (Lipinski definition) is 6. The number of furan rings is 1. The second-order valence-corrected chi connectivity index (χ2v) is 6.32. The van der Waals surface area contributed by atoms with E-state index >= 15 is 0 Å². The number of rotatable bonds is 3. The van der Waals surface area contributed by atoms with Crippen LogP contribution in [-0.2, 0) is 6.42 Å². The first-order chi connectivity index (χ1) is 10.9. The highest BCUT2D eigenvalue weighted by Crippen LogP contribution is 2.32. The number of hydrogen-bond donors (Lipinski definition) is 2. The van der Waals surface area contributed by atoms with Gasteiger partial charge in [0.1, 0.15) is 16.8 Å². The quantitative estimate of drug-likeness (QED) is 0.404. The van der Waals surface area contributed by atoms with E-state index in [1.165, 1.54) is 0 Å². The van der Waals surface area contributed by atoms with Crippen molar-refractivity contribution < 1.29 is 4.42 Å². The summed E-state index contributed by atoms with van der Waals surface area (Å²) in [7, 11) is 0. The van der Waals surface area contributed by atoms with Crippen LogP contribution >= 0.6 is 35.8 Å². The van der Waals surface area contributed by atoms with Crippen LogP contribution in [-0.4, -0.2) is 15.0 Å². The van der Waals surface area contributed by atoms with E-state index in [0.717, 1.165) is 23.1 Å². The van der Waals surface area contributed by atoms with E-state index < -0.39 is 0 Å². The summed E-state index contributed by atoms with van der Waals surface area (Å²) in [5, 5.41) is 1.47. The van der Waals surface area contributed by atoms with Gasteiger partial charge in [0.15, 0.2) is 10.7 Å². The maximum absolute atomic E-state index is 6.24. The van der Waals surface area contributed by atoms with Crippen molar-refractivity contribution in [3.63, 3.8) is 0 Å². The van der Waals surface area contributed by atoms with Crippen LogP contribution in [0.3, 0.4) is 0 Å². The number of nitrogens with two attached hydrogens (primary N) is 1. The fourth-order valence-electron chi connectivity index (χ4n) is 2.35. The number of nitrogens with zero attached hydrogens (tertiary/aromatic N) is 3. The lowest BCUT2D eigenvalue weighted by molar-refractivity contribution is 0.609. The molecule has 0 spiro atoms. The van der Waals surface area contributed by atoms with Crippen LogP contribution in [0.4, 0.5) is 5.82 Å². The van der Waals surface area contributed by atoms with Crippen LogP contribution < -0.4 is 5.73 Å². The van der Waals surface area contributed by atoms with Crippen LogP contribution in [0.2, 0.25) is 10.3 Å². The lowest BCUT2D eigenvalue weighted by Gasteiger charge is -2.12. The van der Waals surface area contributed by atoms with Crippen molar-refractivity contribution in [2.75, 3.05) is 5.73 Å². The normalized spacial score (nSPS) is 12.7. The van der Waals surface area contributed by atoms with Gasteiger partial charge in [0.05, 0.1) is 22.8 Å². The fraction of sp³-hybridized carbons (Fsp3) is 0.267. The Labute approximate surface area is 148 Å². The highest BCUT2D eigenvalue weighted by Gasteiger charge is 2.20. The number of thiol groups is 1. The average Bonchev–Trinajstić information content (AvgIpc) is 2.95. The highest BCUT2D eigenvalue weighted by atomic mass is 35.5. The Balaban J connectivity index is 2.12. The molecule has 0 aliphatic rings. The minimum atomic E-state index is -0.231. The van der Waals surface area contributed by atoms with Crippen molar-refractivity contribution in [3.8, 4) is 0 Å². The summed E-state index contributed by atoms with van der Waals surface area (Å²) < 4.78 is 5.49. The molecule has 0 saturated carbocycles. The highest BCUT2D eigenvalue weighted by molar-refractivity contribution is 7.80. The van der Waals surface area contributed by atoms with Gasteiger partial charge in [-0.25, -0.2) is 15.0 Å². The van der Waals surface area contributed by atoms with E-state index in [4.69, 9.17) is 33.4 Å². The molecule has 3 heterocycles. The summed E-state index contributed by atoms with van der Waals surface area (Å²) in [5.74, 6) is 0.472. The predicted octanol–water partition coefficient (Wildman–Crippen LogP) is 4.51. The van der Waals surface area contributed by atoms with Crippen LogP contribution in [0.1, 0.15) is 36.8 Å². The SMILES string of the molecule is CCc1coc2c(Cl)nc(C(C)c3nc(N)c(S)c(Cl)n3)cc12. The number of fused-ring (bicyclic) bond motifs is 1. The molecule has 2 N–H and O–H groups in total. The molecule has 0 aliphatic heterocycles. The molecule has 23 heavy (non-hydrogen) atoms. The van der Waals surface area contributed by atoms with Gasteiger partial charge in [-0.3, -0.25) is 0 Å². The first-order valence-electron chi connectivity index (χ1n) is 7.00. The summed E-state index contributed by atoms with van der Waals surface area (Å²) in [6.45, 7) is 3.97. The standard InChI is InChI=1S/C15H14Cl2N4OS/c1-3-7-5-22-10-8(7)4-9(19-12(10)16)6(2)15-20-13(17)11(23)14(18)21-15/h4-6,23H,3H2,1-2H3,(H2,18,20,21). The zero-order valence-corrected chi connectivity index (χ0v) is 14.9. The fourth-order valence-corrected chi connectivity index (χ4v) is 2.87. The second-order valence-electron chi connectivity index (χ2n) is 5.16. The van der Waals surface area contributed by atoms with Crippen molar-refractivity contribution in [2.24, 2.45) is 0 Å². The van der Waals surface area contributed by atoms with Crippen molar-refractivity contribution in [1.29, 1.82) is 0 Å². The second kappa shape index (κ2) is 6.19. The summed E-state index contributed by atoms with van der Waals surface area (Å²) in [6, 6.07) is 1.94. The molecule has 0 aromatic carbocycles. The minimum absolute atomic E-state index is 0.215. The number of nitrogen functional groups attached to an aromatic ring is 1. The molecule has 0 amide bonds. The molecule has 3 rings (SSSR count). The maximum Gasteiger partial charge on any atom is 0.172 e. The van der Waals surface area contributed by atoms with Crippen molar-refractivity contribution in [2.45, 2.75) is 31.1 Å². The molecule has 0 bridgehead atoms. The summed E-state index contributed by atoms with van der Waals surface area (Å²) >= 11 is 16.4. The van der Waals surface area contributed by atoms with E-state index in [1.54, 1.807) is 6.26 Å². The summed E-state index contributed by atoms with van der Waals surface area (Å²) in [5.41, 5.74) is 8.19. The minimum Gasteiger partial charge on any atom is -0.461 e. The Morgan fingerprint density at radius 2 is 2.00 bits per heavy atom. The Hall–Kier alpha value is -1.50. The Morgan fingerprint density at radius 1 is 1.26 bits per heavy atom. The molecule has 0 fully saturated rings. The molecule has 0 aliphatic carbocycles. The first-order valence-corrected chi connectivity index (χ1v) is 8.21. The average molecular weight is 369 g/mol. The molecule has 8 heteroatoms. The van der Waals surface area contributed by atoms with Crippen LogP contribution in [0.5, 0.6) is 0 Å². The van der Waals surface area contributed by atoms with E-state index in [2.05, 4.69) is 34.5 Å². The van der Waals surface area contributed by atoms with Gasteiger partial charge in [0, 0.05) is 5.39 Å². The third-order valence-corrected chi connectivity index (χ3v) is 4.82. The van der Waals surface area contributed by atoms with Gasteiger partial charge >= 0.3 is 0 Å². The molecule has 1 atom stereocenters. The van der Waals surface area contributed by atoms with Gasteiger partial charge in [0.25, 0.3) is 0 Å². The lowest BCUT2D eigenvalue weighted by Crippen LogP contribution is -2.08. The number of halogens is 2. The molecule has 120 valence electrons. The van der Waals surface area contributed by atoms with Gasteiger partial charge in [-0.05, 0) is 25.0 Å². The molecule has 0 radical (unpaired) electrons. The van der Waals surface area contributed by atoms with Crippen molar-refractivity contribution in [3.05, 3.63) is 39.7 Å². The number of aryl methyl sites for hydroxylation is 1. The molecule has 0 saturated heterocycles. The number of anilines is 1. The van der Waals surface area contributed by atoms with E-state index in [0.29, 0.717) is 21.5 Å². The Bertz CT molecular complexity index is 874. The smallest absolute Gasteiger partial charge is 0.172 e. The molecule has 3 aromatic rings. The molecule has 5 nitrogen and oxygen atoms in total.